The van der Waals surface area contributed by atoms with E-state index in [1.165, 1.54) is 14.0 Å². The van der Waals surface area contributed by atoms with Gasteiger partial charge in [-0.1, -0.05) is 6.58 Å². The number of carbonyl (C=O) groups excluding carboxylic acids is 1. The Labute approximate surface area is 113 Å². The van der Waals surface area contributed by atoms with Crippen LogP contribution in [0.2, 0.25) is 0 Å². The van der Waals surface area contributed by atoms with Crippen LogP contribution in [0.15, 0.2) is 18.2 Å². The molecule has 4 nitrogen and oxygen atoms in total. The molecule has 0 spiro atoms. The first-order valence-electron chi connectivity index (χ1n) is 6.10. The van der Waals surface area contributed by atoms with Crippen molar-refractivity contribution in [1.29, 1.82) is 0 Å². The van der Waals surface area contributed by atoms with Crippen LogP contribution in [0.5, 0.6) is 17.2 Å². The van der Waals surface area contributed by atoms with E-state index in [0.717, 1.165) is 11.1 Å². The summed E-state index contributed by atoms with van der Waals surface area (Å²) in [7, 11) is 3.12. The predicted molar refractivity (Wildman–Crippen MR) is 72.5 cm³/mol. The normalized spacial score (nSPS) is 16.5. The fourth-order valence-electron chi connectivity index (χ4n) is 2.30. The molecule has 0 aromatic heterocycles. The van der Waals surface area contributed by atoms with Crippen LogP contribution in [0.1, 0.15) is 29.8 Å². The minimum absolute atomic E-state index is 0.0851. The molecule has 2 rings (SSSR count). The van der Waals surface area contributed by atoms with Crippen LogP contribution in [-0.4, -0.2) is 26.1 Å². The SMILES string of the molecule is C=C(C)C1Cc2c(OC)cc(OC)c(C(C)=O)c2O1. The number of carbonyl (C=O) groups is 1. The quantitative estimate of drug-likeness (QED) is 0.618. The van der Waals surface area contributed by atoms with Crippen molar-refractivity contribution in [3.05, 3.63) is 29.3 Å². The van der Waals surface area contributed by atoms with Gasteiger partial charge in [-0.3, -0.25) is 4.79 Å². The Kier molecular flexibility index (Phi) is 3.51. The third-order valence-corrected chi connectivity index (χ3v) is 3.30. The summed E-state index contributed by atoms with van der Waals surface area (Å²) in [5, 5.41) is 0. The maximum Gasteiger partial charge on any atom is 0.167 e. The second-order valence-electron chi connectivity index (χ2n) is 4.68. The highest BCUT2D eigenvalue weighted by molar-refractivity contribution is 6.00. The van der Waals surface area contributed by atoms with Crippen molar-refractivity contribution < 1.29 is 19.0 Å². The van der Waals surface area contributed by atoms with Crippen molar-refractivity contribution in [3.63, 3.8) is 0 Å². The number of fused-ring (bicyclic) bond motifs is 1. The van der Waals surface area contributed by atoms with Gasteiger partial charge in [-0.2, -0.15) is 0 Å². The highest BCUT2D eigenvalue weighted by Gasteiger charge is 2.32. The van der Waals surface area contributed by atoms with Crippen LogP contribution in [0.4, 0.5) is 0 Å². The summed E-state index contributed by atoms with van der Waals surface area (Å²) in [5.74, 6) is 1.64. The fraction of sp³-hybridized carbons (Fsp3) is 0.400. The second-order valence-corrected chi connectivity index (χ2v) is 4.68. The molecule has 1 aromatic rings. The fourth-order valence-corrected chi connectivity index (χ4v) is 2.30. The minimum Gasteiger partial charge on any atom is -0.496 e. The molecule has 19 heavy (non-hydrogen) atoms. The van der Waals surface area contributed by atoms with E-state index in [1.807, 2.05) is 6.92 Å². The highest BCUT2D eigenvalue weighted by atomic mass is 16.5. The van der Waals surface area contributed by atoms with Gasteiger partial charge in [0.2, 0.25) is 0 Å². The lowest BCUT2D eigenvalue weighted by atomic mass is 10.0. The van der Waals surface area contributed by atoms with Crippen LogP contribution >= 0.6 is 0 Å². The molecule has 0 fully saturated rings. The van der Waals surface area contributed by atoms with E-state index in [2.05, 4.69) is 6.58 Å². The molecule has 1 atom stereocenters. The molecule has 4 heteroatoms. The van der Waals surface area contributed by atoms with Crippen molar-refractivity contribution >= 4 is 5.78 Å². The second kappa shape index (κ2) is 4.96. The van der Waals surface area contributed by atoms with Gasteiger partial charge in [0.15, 0.2) is 5.78 Å². The van der Waals surface area contributed by atoms with Crippen molar-refractivity contribution in [1.82, 2.24) is 0 Å². The zero-order valence-corrected chi connectivity index (χ0v) is 11.7. The average molecular weight is 262 g/mol. The van der Waals surface area contributed by atoms with Crippen LogP contribution in [0.3, 0.4) is 0 Å². The van der Waals surface area contributed by atoms with E-state index in [1.54, 1.807) is 13.2 Å². The standard InChI is InChI=1S/C15H18O4/c1-8(2)11-6-10-12(17-4)7-13(18-5)14(9(3)16)15(10)19-11/h7,11H,1,6H2,2-5H3. The Balaban J connectivity index is 2.63. The molecule has 0 radical (unpaired) electrons. The summed E-state index contributed by atoms with van der Waals surface area (Å²) >= 11 is 0. The average Bonchev–Trinajstić information content (AvgIpc) is 2.80. The van der Waals surface area contributed by atoms with Crippen molar-refractivity contribution in [2.24, 2.45) is 0 Å². The summed E-state index contributed by atoms with van der Waals surface area (Å²) in [6, 6.07) is 1.74. The molecule has 0 amide bonds. The first-order chi connectivity index (χ1) is 8.99. The summed E-state index contributed by atoms with van der Waals surface area (Å²) in [6.07, 6.45) is 0.548. The molecule has 0 bridgehead atoms. The topological polar surface area (TPSA) is 44.8 Å². The monoisotopic (exact) mass is 262 g/mol. The maximum absolute atomic E-state index is 11.8. The lowest BCUT2D eigenvalue weighted by molar-refractivity contribution is 0.101. The summed E-state index contributed by atoms with van der Waals surface area (Å²) < 4.78 is 16.5. The van der Waals surface area contributed by atoms with E-state index >= 15 is 0 Å². The molecule has 102 valence electrons. The zero-order chi connectivity index (χ0) is 14.2. The molecule has 0 N–H and O–H groups in total. The van der Waals surface area contributed by atoms with E-state index < -0.39 is 0 Å². The Hall–Kier alpha value is -1.97. The number of Topliss-reactive ketones (excluding diaryl/α,β-unsaturated/α-hetero) is 1. The maximum atomic E-state index is 11.8. The Morgan fingerprint density at radius 1 is 1.32 bits per heavy atom. The number of benzene rings is 1. The third kappa shape index (κ3) is 2.18. The smallest absolute Gasteiger partial charge is 0.167 e. The van der Waals surface area contributed by atoms with Crippen molar-refractivity contribution in [3.8, 4) is 17.2 Å². The van der Waals surface area contributed by atoms with Crippen LogP contribution in [-0.2, 0) is 6.42 Å². The first-order valence-corrected chi connectivity index (χ1v) is 6.10. The molecular formula is C15H18O4. The third-order valence-electron chi connectivity index (χ3n) is 3.30. The largest absolute Gasteiger partial charge is 0.496 e. The van der Waals surface area contributed by atoms with E-state index in [9.17, 15) is 4.79 Å². The Morgan fingerprint density at radius 2 is 1.95 bits per heavy atom. The van der Waals surface area contributed by atoms with Crippen LogP contribution in [0, 0.1) is 0 Å². The molecule has 0 saturated carbocycles. The number of ether oxygens (including phenoxy) is 3. The summed E-state index contributed by atoms with van der Waals surface area (Å²) in [6.45, 7) is 7.32. The summed E-state index contributed by atoms with van der Waals surface area (Å²) in [4.78, 5) is 11.8. The molecule has 1 aliphatic heterocycles. The zero-order valence-electron chi connectivity index (χ0n) is 11.7. The highest BCUT2D eigenvalue weighted by Crippen LogP contribution is 2.45. The number of methoxy groups -OCH3 is 2. The molecule has 1 unspecified atom stereocenters. The number of ketones is 1. The van der Waals surface area contributed by atoms with Gasteiger partial charge < -0.3 is 14.2 Å². The van der Waals surface area contributed by atoms with Crippen LogP contribution < -0.4 is 14.2 Å². The van der Waals surface area contributed by atoms with E-state index in [-0.39, 0.29) is 11.9 Å². The van der Waals surface area contributed by atoms with E-state index in [0.29, 0.717) is 29.2 Å². The van der Waals surface area contributed by atoms with Gasteiger partial charge in [-0.15, -0.1) is 0 Å². The van der Waals surface area contributed by atoms with Gasteiger partial charge in [0, 0.05) is 18.1 Å². The van der Waals surface area contributed by atoms with Gasteiger partial charge >= 0.3 is 0 Å². The van der Waals surface area contributed by atoms with Gasteiger partial charge in [-0.25, -0.2) is 0 Å². The first kappa shape index (κ1) is 13.5. The van der Waals surface area contributed by atoms with Gasteiger partial charge in [0.05, 0.1) is 14.2 Å². The molecule has 1 heterocycles. The Morgan fingerprint density at radius 3 is 2.42 bits per heavy atom. The van der Waals surface area contributed by atoms with Gasteiger partial charge in [0.25, 0.3) is 0 Å². The molecular weight excluding hydrogens is 244 g/mol. The van der Waals surface area contributed by atoms with Gasteiger partial charge in [0.1, 0.15) is 28.9 Å². The molecule has 0 saturated heterocycles. The number of hydrogen-bond donors (Lipinski definition) is 0. The van der Waals surface area contributed by atoms with Gasteiger partial charge in [-0.05, 0) is 19.4 Å². The van der Waals surface area contributed by atoms with Crippen molar-refractivity contribution in [2.75, 3.05) is 14.2 Å². The molecule has 1 aromatic carbocycles. The van der Waals surface area contributed by atoms with Crippen LogP contribution in [0.25, 0.3) is 0 Å². The van der Waals surface area contributed by atoms with Crippen molar-refractivity contribution in [2.45, 2.75) is 26.4 Å². The molecule has 1 aliphatic rings. The lowest BCUT2D eigenvalue weighted by Crippen LogP contribution is -2.13. The lowest BCUT2D eigenvalue weighted by Gasteiger charge is -2.14. The number of hydrogen-bond acceptors (Lipinski definition) is 4. The summed E-state index contributed by atoms with van der Waals surface area (Å²) in [5.41, 5.74) is 2.30. The minimum atomic E-state index is -0.117. The van der Waals surface area contributed by atoms with E-state index in [4.69, 9.17) is 14.2 Å². The number of rotatable bonds is 4. The molecule has 0 aliphatic carbocycles. The predicted octanol–water partition coefficient (Wildman–Crippen LogP) is 2.79. The Bertz CT molecular complexity index is 546.